The number of fused-ring (bicyclic) bond motifs is 1. The van der Waals surface area contributed by atoms with Gasteiger partial charge in [-0.25, -0.2) is 14.3 Å². The first-order valence-corrected chi connectivity index (χ1v) is 8.62. The van der Waals surface area contributed by atoms with E-state index >= 15 is 0 Å². The van der Waals surface area contributed by atoms with Gasteiger partial charge in [-0.15, -0.1) is 5.10 Å². The van der Waals surface area contributed by atoms with Crippen molar-refractivity contribution in [3.63, 3.8) is 0 Å². The van der Waals surface area contributed by atoms with Gasteiger partial charge in [-0.05, 0) is 32.9 Å². The van der Waals surface area contributed by atoms with Crippen molar-refractivity contribution in [1.29, 1.82) is 0 Å². The fourth-order valence-electron chi connectivity index (χ4n) is 2.55. The zero-order valence-corrected chi connectivity index (χ0v) is 16.4. The minimum atomic E-state index is -0.608. The van der Waals surface area contributed by atoms with Crippen LogP contribution in [0.4, 0.5) is 22.0 Å². The average Bonchev–Trinajstić information content (AvgIpc) is 3.08. The molecule has 0 unspecified atom stereocenters. The van der Waals surface area contributed by atoms with Gasteiger partial charge in [-0.3, -0.25) is 5.32 Å². The van der Waals surface area contributed by atoms with Gasteiger partial charge < -0.3 is 19.5 Å². The lowest BCUT2D eigenvalue weighted by atomic mass is 10.2. The zero-order chi connectivity index (χ0) is 20.3. The highest BCUT2D eigenvalue weighted by Gasteiger charge is 2.18. The van der Waals surface area contributed by atoms with Gasteiger partial charge >= 0.3 is 6.09 Å². The van der Waals surface area contributed by atoms with Gasteiger partial charge in [0.2, 0.25) is 0 Å². The molecular formula is C19H23N5O4. The van der Waals surface area contributed by atoms with Crippen LogP contribution in [0.5, 0.6) is 11.5 Å². The van der Waals surface area contributed by atoms with E-state index in [9.17, 15) is 4.79 Å². The van der Waals surface area contributed by atoms with Crippen LogP contribution in [0.2, 0.25) is 0 Å². The lowest BCUT2D eigenvalue weighted by Gasteiger charge is -2.20. The number of amides is 1. The maximum absolute atomic E-state index is 12.2. The predicted molar refractivity (Wildman–Crippen MR) is 106 cm³/mol. The molecule has 0 aliphatic rings. The third kappa shape index (κ3) is 4.43. The number of hydrogen-bond acceptors (Lipinski definition) is 7. The maximum atomic E-state index is 12.2. The maximum Gasteiger partial charge on any atom is 0.412 e. The number of carbonyl (C=O) groups is 1. The number of rotatable bonds is 5. The van der Waals surface area contributed by atoms with Gasteiger partial charge in [0.25, 0.3) is 0 Å². The number of imidazole rings is 1. The Morgan fingerprint density at radius 1 is 1.11 bits per heavy atom. The molecule has 148 valence electrons. The lowest BCUT2D eigenvalue weighted by Crippen LogP contribution is -2.27. The number of aromatic nitrogens is 3. The van der Waals surface area contributed by atoms with E-state index in [0.717, 1.165) is 5.69 Å². The molecule has 0 aliphatic heterocycles. The number of carbonyl (C=O) groups excluding carboxylic acids is 1. The first-order chi connectivity index (χ1) is 13.3. The van der Waals surface area contributed by atoms with Crippen molar-refractivity contribution in [1.82, 2.24) is 14.6 Å². The third-order valence-corrected chi connectivity index (χ3v) is 3.65. The molecule has 0 atom stereocenters. The molecule has 0 saturated heterocycles. The van der Waals surface area contributed by atoms with Crippen molar-refractivity contribution in [3.8, 4) is 11.5 Å². The van der Waals surface area contributed by atoms with Crippen molar-refractivity contribution in [3.05, 3.63) is 36.7 Å². The number of benzene rings is 1. The summed E-state index contributed by atoms with van der Waals surface area (Å²) >= 11 is 0. The van der Waals surface area contributed by atoms with Crippen LogP contribution >= 0.6 is 0 Å². The summed E-state index contributed by atoms with van der Waals surface area (Å²) in [6.07, 6.45) is 2.72. The molecule has 0 aliphatic carbocycles. The van der Waals surface area contributed by atoms with Gasteiger partial charge in [0.15, 0.2) is 23.0 Å². The van der Waals surface area contributed by atoms with Gasteiger partial charge in [0.05, 0.1) is 19.9 Å². The Morgan fingerprint density at radius 2 is 1.86 bits per heavy atom. The summed E-state index contributed by atoms with van der Waals surface area (Å²) in [7, 11) is 3.15. The molecule has 0 bridgehead atoms. The van der Waals surface area contributed by atoms with E-state index in [1.807, 2.05) is 6.07 Å². The minimum absolute atomic E-state index is 0.470. The second kappa shape index (κ2) is 7.63. The molecule has 0 radical (unpaired) electrons. The lowest BCUT2D eigenvalue weighted by molar-refractivity contribution is 0.0636. The van der Waals surface area contributed by atoms with E-state index in [1.165, 1.54) is 0 Å². The van der Waals surface area contributed by atoms with E-state index in [1.54, 1.807) is 70.1 Å². The Labute approximate surface area is 162 Å². The number of nitrogens with one attached hydrogen (secondary N) is 2. The van der Waals surface area contributed by atoms with Crippen LogP contribution in [-0.4, -0.2) is 40.5 Å². The van der Waals surface area contributed by atoms with Crippen LogP contribution in [0, 0.1) is 0 Å². The molecule has 9 heteroatoms. The monoisotopic (exact) mass is 385 g/mol. The van der Waals surface area contributed by atoms with E-state index in [4.69, 9.17) is 14.2 Å². The number of nitrogens with zero attached hydrogens (tertiary/aromatic N) is 3. The summed E-state index contributed by atoms with van der Waals surface area (Å²) in [5.41, 5.74) is 1.11. The Kier molecular flexibility index (Phi) is 5.25. The number of hydrogen-bond donors (Lipinski definition) is 2. The van der Waals surface area contributed by atoms with Crippen molar-refractivity contribution in [2.24, 2.45) is 0 Å². The molecule has 1 amide bonds. The summed E-state index contributed by atoms with van der Waals surface area (Å²) in [4.78, 5) is 16.4. The summed E-state index contributed by atoms with van der Waals surface area (Å²) in [6.45, 7) is 5.40. The van der Waals surface area contributed by atoms with Crippen LogP contribution in [0.3, 0.4) is 0 Å². The molecule has 2 N–H and O–H groups in total. The Bertz CT molecular complexity index is 994. The Morgan fingerprint density at radius 3 is 2.54 bits per heavy atom. The van der Waals surface area contributed by atoms with Gasteiger partial charge in [0.1, 0.15) is 5.60 Å². The molecule has 0 spiro atoms. The average molecular weight is 385 g/mol. The number of ether oxygens (including phenoxy) is 3. The number of anilines is 3. The molecule has 1 aromatic carbocycles. The van der Waals surface area contributed by atoms with Crippen molar-refractivity contribution >= 4 is 28.9 Å². The van der Waals surface area contributed by atoms with Gasteiger partial charge in [0, 0.05) is 30.2 Å². The normalized spacial score (nSPS) is 11.2. The topological polar surface area (TPSA) is 99.0 Å². The molecule has 3 rings (SSSR count). The number of methoxy groups -OCH3 is 2. The van der Waals surface area contributed by atoms with E-state index in [2.05, 4.69) is 20.7 Å². The molecule has 0 saturated carbocycles. The van der Waals surface area contributed by atoms with Crippen molar-refractivity contribution in [2.75, 3.05) is 24.9 Å². The Balaban J connectivity index is 1.89. The smallest absolute Gasteiger partial charge is 0.412 e. The van der Waals surface area contributed by atoms with Crippen molar-refractivity contribution in [2.45, 2.75) is 26.4 Å². The Hall–Kier alpha value is -3.49. The second-order valence-corrected chi connectivity index (χ2v) is 6.96. The second-order valence-electron chi connectivity index (χ2n) is 6.96. The SMILES string of the molecule is COc1ccc(Nc2cc(NC(=O)OC(C)(C)C)c3nccn3n2)cc1OC. The molecule has 2 aromatic heterocycles. The van der Waals surface area contributed by atoms with Crippen molar-refractivity contribution < 1.29 is 19.0 Å². The van der Waals surface area contributed by atoms with E-state index < -0.39 is 11.7 Å². The molecule has 2 heterocycles. The molecule has 3 aromatic rings. The first-order valence-electron chi connectivity index (χ1n) is 8.62. The zero-order valence-electron chi connectivity index (χ0n) is 16.4. The molecule has 28 heavy (non-hydrogen) atoms. The van der Waals surface area contributed by atoms with Crippen LogP contribution in [0.15, 0.2) is 36.7 Å². The highest BCUT2D eigenvalue weighted by molar-refractivity contribution is 5.90. The molecule has 0 fully saturated rings. The van der Waals surface area contributed by atoms with E-state index in [0.29, 0.717) is 28.7 Å². The molecular weight excluding hydrogens is 362 g/mol. The summed E-state index contributed by atoms with van der Waals surface area (Å²) < 4.78 is 17.5. The largest absolute Gasteiger partial charge is 0.493 e. The third-order valence-electron chi connectivity index (χ3n) is 3.65. The van der Waals surface area contributed by atoms with Gasteiger partial charge in [-0.1, -0.05) is 0 Å². The fourth-order valence-corrected chi connectivity index (χ4v) is 2.55. The summed E-state index contributed by atoms with van der Waals surface area (Å²) in [5, 5.41) is 10.4. The van der Waals surface area contributed by atoms with E-state index in [-0.39, 0.29) is 0 Å². The summed E-state index contributed by atoms with van der Waals surface area (Å²) in [6, 6.07) is 7.10. The predicted octanol–water partition coefficient (Wildman–Crippen LogP) is 3.84. The first kappa shape index (κ1) is 19.3. The standard InChI is InChI=1S/C19H23N5O4/c1-19(2,3)28-18(25)22-13-11-16(23-24-9-8-20-17(13)24)21-12-6-7-14(26-4)15(10-12)27-5/h6-11H,1-5H3,(H,21,23)(H,22,25). The van der Waals surface area contributed by atoms with Crippen LogP contribution in [0.1, 0.15) is 20.8 Å². The highest BCUT2D eigenvalue weighted by atomic mass is 16.6. The molecule has 9 nitrogen and oxygen atoms in total. The van der Waals surface area contributed by atoms with Crippen LogP contribution in [0.25, 0.3) is 5.65 Å². The summed E-state index contributed by atoms with van der Waals surface area (Å²) in [5.74, 6) is 1.71. The highest BCUT2D eigenvalue weighted by Crippen LogP contribution is 2.31. The quantitative estimate of drug-likeness (QED) is 0.688. The fraction of sp³-hybridized carbons (Fsp3) is 0.316. The van der Waals surface area contributed by atoms with Crippen LogP contribution in [-0.2, 0) is 4.74 Å². The minimum Gasteiger partial charge on any atom is -0.493 e. The van der Waals surface area contributed by atoms with Gasteiger partial charge in [-0.2, -0.15) is 0 Å². The van der Waals surface area contributed by atoms with Crippen LogP contribution < -0.4 is 20.1 Å².